The van der Waals surface area contributed by atoms with Gasteiger partial charge >= 0.3 is 5.97 Å². The Labute approximate surface area is 191 Å². The predicted molar refractivity (Wildman–Crippen MR) is 116 cm³/mol. The number of carbonyl (C=O) groups is 4. The molecule has 1 N–H and O–H groups in total. The molecule has 0 bridgehead atoms. The molecule has 1 fully saturated rings. The minimum atomic E-state index is -1.26. The third kappa shape index (κ3) is 3.18. The van der Waals surface area contributed by atoms with Crippen molar-refractivity contribution in [2.45, 2.75) is 24.5 Å². The second-order valence-electron chi connectivity index (χ2n) is 8.04. The smallest absolute Gasteiger partial charge is 0.327 e. The molecule has 3 amide bonds. The fraction of sp³-hybridized carbons (Fsp3) is 0.273. The van der Waals surface area contributed by atoms with E-state index in [4.69, 9.17) is 0 Å². The molecule has 0 saturated carbocycles. The Kier molecular flexibility index (Phi) is 4.93. The first-order chi connectivity index (χ1) is 15.8. The van der Waals surface area contributed by atoms with Crippen molar-refractivity contribution in [2.24, 2.45) is 0 Å². The van der Waals surface area contributed by atoms with Crippen molar-refractivity contribution in [3.8, 4) is 0 Å². The van der Waals surface area contributed by atoms with Gasteiger partial charge < -0.3 is 10.0 Å². The quantitative estimate of drug-likeness (QED) is 0.410. The van der Waals surface area contributed by atoms with Gasteiger partial charge in [-0.2, -0.15) is 11.8 Å². The zero-order chi connectivity index (χ0) is 23.4. The molecule has 0 spiro atoms. The van der Waals surface area contributed by atoms with Crippen LogP contribution in [-0.2, 0) is 16.0 Å². The maximum atomic E-state index is 13.8. The number of fused-ring (bicyclic) bond motifs is 4. The van der Waals surface area contributed by atoms with E-state index in [0.717, 1.165) is 4.90 Å². The minimum Gasteiger partial charge on any atom is -0.480 e. The van der Waals surface area contributed by atoms with Gasteiger partial charge in [-0.05, 0) is 23.3 Å². The summed E-state index contributed by atoms with van der Waals surface area (Å²) in [4.78, 5) is 65.0. The fourth-order valence-corrected chi connectivity index (χ4v) is 5.98. The van der Waals surface area contributed by atoms with Gasteiger partial charge in [0.15, 0.2) is 0 Å². The molecule has 3 atom stereocenters. The molecule has 2 aromatic carbocycles. The highest BCUT2D eigenvalue weighted by Gasteiger charge is 2.50. The first-order valence-electron chi connectivity index (χ1n) is 10.2. The number of nitro benzene ring substituents is 1. The summed E-state index contributed by atoms with van der Waals surface area (Å²) < 4.78 is 0. The number of hydrogen-bond acceptors (Lipinski definition) is 7. The van der Waals surface area contributed by atoms with Gasteiger partial charge in [-0.25, -0.2) is 4.79 Å². The highest BCUT2D eigenvalue weighted by atomic mass is 32.2. The zero-order valence-electron chi connectivity index (χ0n) is 17.0. The lowest BCUT2D eigenvalue weighted by Crippen LogP contribution is -2.58. The molecule has 0 aromatic heterocycles. The number of amides is 3. The van der Waals surface area contributed by atoms with Crippen molar-refractivity contribution in [3.05, 3.63) is 74.8 Å². The number of hydrogen-bond donors (Lipinski definition) is 1. The molecule has 0 unspecified atom stereocenters. The van der Waals surface area contributed by atoms with Crippen LogP contribution in [0.1, 0.15) is 37.9 Å². The van der Waals surface area contributed by atoms with Crippen LogP contribution in [0.25, 0.3) is 0 Å². The van der Waals surface area contributed by atoms with E-state index in [1.54, 1.807) is 12.1 Å². The summed E-state index contributed by atoms with van der Waals surface area (Å²) in [5.41, 5.74) is 1.22. The summed E-state index contributed by atoms with van der Waals surface area (Å²) in [5, 5.41) is 21.2. The number of nitro groups is 1. The first-order valence-corrected chi connectivity index (χ1v) is 11.3. The molecule has 3 aliphatic rings. The van der Waals surface area contributed by atoms with Crippen LogP contribution in [-0.4, -0.2) is 67.1 Å². The molecule has 10 nitrogen and oxygen atoms in total. The number of carboxylic acids is 1. The van der Waals surface area contributed by atoms with Gasteiger partial charge in [0.25, 0.3) is 17.5 Å². The molecular weight excluding hydrogens is 450 g/mol. The van der Waals surface area contributed by atoms with E-state index in [1.165, 1.54) is 47.0 Å². The lowest BCUT2D eigenvalue weighted by molar-refractivity contribution is -0.385. The van der Waals surface area contributed by atoms with Crippen molar-refractivity contribution >= 4 is 41.1 Å². The van der Waals surface area contributed by atoms with E-state index >= 15 is 0 Å². The summed E-state index contributed by atoms with van der Waals surface area (Å²) in [7, 11) is 0. The molecule has 168 valence electrons. The number of carbonyl (C=O) groups excluding carboxylic acids is 3. The van der Waals surface area contributed by atoms with Crippen LogP contribution in [0, 0.1) is 10.1 Å². The second kappa shape index (κ2) is 7.69. The van der Waals surface area contributed by atoms with Crippen molar-refractivity contribution in [1.82, 2.24) is 9.80 Å². The van der Waals surface area contributed by atoms with Gasteiger partial charge in [-0.1, -0.05) is 18.2 Å². The lowest BCUT2D eigenvalue weighted by atomic mass is 9.96. The largest absolute Gasteiger partial charge is 0.480 e. The van der Waals surface area contributed by atoms with E-state index in [2.05, 4.69) is 0 Å². The van der Waals surface area contributed by atoms with Crippen LogP contribution < -0.4 is 0 Å². The Hall–Kier alpha value is -3.73. The zero-order valence-corrected chi connectivity index (χ0v) is 17.9. The second-order valence-corrected chi connectivity index (χ2v) is 9.11. The minimum absolute atomic E-state index is 0.0539. The van der Waals surface area contributed by atoms with E-state index in [0.29, 0.717) is 16.9 Å². The number of nitrogens with zero attached hydrogens (tertiary/aromatic N) is 3. The number of thioether (sulfide) groups is 1. The molecule has 11 heteroatoms. The number of aliphatic carboxylic acids is 1. The van der Waals surface area contributed by atoms with Gasteiger partial charge in [-0.15, -0.1) is 0 Å². The molecule has 1 saturated heterocycles. The van der Waals surface area contributed by atoms with Gasteiger partial charge in [0.1, 0.15) is 12.1 Å². The normalized spacial score (nSPS) is 24.1. The number of benzene rings is 2. The molecular formula is C22H17N3O7S. The van der Waals surface area contributed by atoms with Gasteiger partial charge in [0, 0.05) is 30.1 Å². The maximum Gasteiger partial charge on any atom is 0.327 e. The van der Waals surface area contributed by atoms with Gasteiger partial charge in [0.05, 0.1) is 22.1 Å². The van der Waals surface area contributed by atoms with Gasteiger partial charge in [-0.3, -0.25) is 29.4 Å². The third-order valence-corrected chi connectivity index (χ3v) is 7.40. The van der Waals surface area contributed by atoms with Crippen molar-refractivity contribution in [2.75, 3.05) is 11.5 Å². The Bertz CT molecular complexity index is 1210. The number of rotatable bonds is 3. The number of imide groups is 1. The molecule has 33 heavy (non-hydrogen) atoms. The highest BCUT2D eigenvalue weighted by molar-refractivity contribution is 7.99. The molecule has 0 aliphatic carbocycles. The average Bonchev–Trinajstić information content (AvgIpc) is 2.98. The summed E-state index contributed by atoms with van der Waals surface area (Å²) in [5.74, 6) is -2.62. The maximum absolute atomic E-state index is 13.8. The monoisotopic (exact) mass is 467 g/mol. The van der Waals surface area contributed by atoms with Gasteiger partial charge in [0.2, 0.25) is 5.91 Å². The summed E-state index contributed by atoms with van der Waals surface area (Å²) >= 11 is 1.34. The van der Waals surface area contributed by atoms with Crippen molar-refractivity contribution in [3.63, 3.8) is 0 Å². The number of non-ortho nitro benzene ring substituents is 1. The van der Waals surface area contributed by atoms with E-state index in [-0.39, 0.29) is 29.0 Å². The molecule has 2 aromatic rings. The predicted octanol–water partition coefficient (Wildman–Crippen LogP) is 1.89. The van der Waals surface area contributed by atoms with E-state index in [1.807, 2.05) is 0 Å². The Morgan fingerprint density at radius 3 is 2.30 bits per heavy atom. The fourth-order valence-electron chi connectivity index (χ4n) is 4.76. The van der Waals surface area contributed by atoms with Crippen LogP contribution in [0.5, 0.6) is 0 Å². The summed E-state index contributed by atoms with van der Waals surface area (Å²) in [6.45, 7) is 0. The van der Waals surface area contributed by atoms with E-state index in [9.17, 15) is 34.4 Å². The van der Waals surface area contributed by atoms with E-state index < -0.39 is 46.7 Å². The van der Waals surface area contributed by atoms with Crippen molar-refractivity contribution in [1.29, 1.82) is 0 Å². The molecule has 5 rings (SSSR count). The van der Waals surface area contributed by atoms with Crippen molar-refractivity contribution < 1.29 is 29.2 Å². The molecule has 3 aliphatic heterocycles. The SMILES string of the molecule is O=C(O)[C@H]1CSC[C@H]2c3cc([N+](=O)[O-])ccc3C[C@@H](N3C(=O)c4ccccc4C3=O)C(=O)N12. The standard InChI is InChI=1S/C22H17N3O7S/c26-19-13-3-1-2-4-14(13)20(27)24(19)16-7-11-5-6-12(25(31)32)8-15(11)17-9-33-10-18(22(29)30)23(17)21(16)28/h1-6,8,16-18H,7,9-10H2,(H,29,30)/t16-,17+,18-/m1/s1. The Morgan fingerprint density at radius 2 is 1.70 bits per heavy atom. The Balaban J connectivity index is 1.66. The summed E-state index contributed by atoms with van der Waals surface area (Å²) in [6.07, 6.45) is -0.0539. The van der Waals surface area contributed by atoms with Crippen LogP contribution >= 0.6 is 11.8 Å². The third-order valence-electron chi connectivity index (χ3n) is 6.30. The van der Waals surface area contributed by atoms with Crippen LogP contribution in [0.3, 0.4) is 0 Å². The molecule has 3 heterocycles. The Morgan fingerprint density at radius 1 is 1.03 bits per heavy atom. The topological polar surface area (TPSA) is 138 Å². The average molecular weight is 467 g/mol. The molecule has 0 radical (unpaired) electrons. The van der Waals surface area contributed by atoms with Crippen LogP contribution in [0.15, 0.2) is 42.5 Å². The summed E-state index contributed by atoms with van der Waals surface area (Å²) in [6, 6.07) is 7.26. The first kappa shape index (κ1) is 21.1. The lowest BCUT2D eigenvalue weighted by Gasteiger charge is -2.40. The highest BCUT2D eigenvalue weighted by Crippen LogP contribution is 2.41. The van der Waals surface area contributed by atoms with Crippen LogP contribution in [0.2, 0.25) is 0 Å². The van der Waals surface area contributed by atoms with Crippen LogP contribution in [0.4, 0.5) is 5.69 Å². The number of carboxylic acid groups (broad SMARTS) is 1.